The topological polar surface area (TPSA) is 72.2 Å². The minimum atomic E-state index is -3.82. The number of nitrogens with one attached hydrogen (secondary N) is 1. The SMILES string of the molecule is NCc1ccc(S(=O)(=O)Nc2cc(Cl)ccc2Cl)cc1Cl. The number of hydrogen-bond donors (Lipinski definition) is 2. The molecule has 0 amide bonds. The van der Waals surface area contributed by atoms with Gasteiger partial charge in [-0.3, -0.25) is 4.72 Å². The van der Waals surface area contributed by atoms with Gasteiger partial charge in [0.25, 0.3) is 10.0 Å². The summed E-state index contributed by atoms with van der Waals surface area (Å²) < 4.78 is 27.0. The monoisotopic (exact) mass is 364 g/mol. The van der Waals surface area contributed by atoms with Crippen molar-refractivity contribution in [3.8, 4) is 0 Å². The Morgan fingerprint density at radius 2 is 1.71 bits per heavy atom. The van der Waals surface area contributed by atoms with Crippen molar-refractivity contribution in [1.82, 2.24) is 0 Å². The van der Waals surface area contributed by atoms with Crippen LogP contribution in [0, 0.1) is 0 Å². The van der Waals surface area contributed by atoms with Crippen LogP contribution in [0.3, 0.4) is 0 Å². The number of hydrogen-bond acceptors (Lipinski definition) is 3. The van der Waals surface area contributed by atoms with Gasteiger partial charge < -0.3 is 5.73 Å². The van der Waals surface area contributed by atoms with Gasteiger partial charge in [0.05, 0.1) is 15.6 Å². The molecular formula is C13H11Cl3N2O2S. The van der Waals surface area contributed by atoms with Crippen molar-refractivity contribution in [3.05, 3.63) is 57.0 Å². The van der Waals surface area contributed by atoms with Gasteiger partial charge in [-0.15, -0.1) is 0 Å². The molecule has 0 radical (unpaired) electrons. The Morgan fingerprint density at radius 3 is 2.33 bits per heavy atom. The molecule has 0 aliphatic rings. The van der Waals surface area contributed by atoms with Gasteiger partial charge >= 0.3 is 0 Å². The van der Waals surface area contributed by atoms with Crippen LogP contribution in [0.25, 0.3) is 0 Å². The first-order chi connectivity index (χ1) is 9.83. The third kappa shape index (κ3) is 3.81. The third-order valence-corrected chi connectivity index (χ3v) is 5.01. The smallest absolute Gasteiger partial charge is 0.261 e. The molecule has 0 atom stereocenters. The minimum Gasteiger partial charge on any atom is -0.326 e. The molecule has 2 aromatic carbocycles. The maximum Gasteiger partial charge on any atom is 0.261 e. The van der Waals surface area contributed by atoms with Crippen LogP contribution in [0.15, 0.2) is 41.3 Å². The van der Waals surface area contributed by atoms with E-state index >= 15 is 0 Å². The van der Waals surface area contributed by atoms with Crippen LogP contribution in [0.1, 0.15) is 5.56 Å². The molecular weight excluding hydrogens is 355 g/mol. The summed E-state index contributed by atoms with van der Waals surface area (Å²) in [5.41, 5.74) is 6.35. The summed E-state index contributed by atoms with van der Waals surface area (Å²) in [5.74, 6) is 0. The zero-order valence-electron chi connectivity index (χ0n) is 10.6. The van der Waals surface area contributed by atoms with Crippen LogP contribution >= 0.6 is 34.8 Å². The van der Waals surface area contributed by atoms with Crippen molar-refractivity contribution in [2.24, 2.45) is 5.73 Å². The minimum absolute atomic E-state index is 0.0146. The lowest BCUT2D eigenvalue weighted by Crippen LogP contribution is -2.13. The van der Waals surface area contributed by atoms with Crippen molar-refractivity contribution in [2.45, 2.75) is 11.4 Å². The summed E-state index contributed by atoms with van der Waals surface area (Å²) in [6.45, 7) is 0.229. The van der Waals surface area contributed by atoms with Crippen molar-refractivity contribution in [1.29, 1.82) is 0 Å². The zero-order chi connectivity index (χ0) is 15.6. The first kappa shape index (κ1) is 16.4. The average Bonchev–Trinajstić information content (AvgIpc) is 2.42. The number of nitrogens with two attached hydrogens (primary N) is 1. The van der Waals surface area contributed by atoms with Gasteiger partial charge in [0, 0.05) is 16.6 Å². The van der Waals surface area contributed by atoms with E-state index in [1.807, 2.05) is 0 Å². The van der Waals surface area contributed by atoms with E-state index in [-0.39, 0.29) is 27.2 Å². The van der Waals surface area contributed by atoms with Gasteiger partial charge in [-0.05, 0) is 35.9 Å². The Balaban J connectivity index is 2.38. The maximum absolute atomic E-state index is 12.3. The molecule has 2 aromatic rings. The highest BCUT2D eigenvalue weighted by molar-refractivity contribution is 7.92. The van der Waals surface area contributed by atoms with Gasteiger partial charge in [-0.2, -0.15) is 0 Å². The lowest BCUT2D eigenvalue weighted by Gasteiger charge is -2.11. The molecule has 0 aliphatic carbocycles. The van der Waals surface area contributed by atoms with E-state index in [2.05, 4.69) is 4.72 Å². The molecule has 0 heterocycles. The van der Waals surface area contributed by atoms with E-state index in [9.17, 15) is 8.42 Å². The van der Waals surface area contributed by atoms with Crippen LogP contribution < -0.4 is 10.5 Å². The highest BCUT2D eigenvalue weighted by Crippen LogP contribution is 2.28. The Morgan fingerprint density at radius 1 is 1.00 bits per heavy atom. The van der Waals surface area contributed by atoms with E-state index in [1.165, 1.54) is 24.3 Å². The predicted octanol–water partition coefficient (Wildman–Crippen LogP) is 3.91. The van der Waals surface area contributed by atoms with Crippen LogP contribution in [0.2, 0.25) is 15.1 Å². The number of halogens is 3. The molecule has 21 heavy (non-hydrogen) atoms. The van der Waals surface area contributed by atoms with E-state index in [4.69, 9.17) is 40.5 Å². The molecule has 4 nitrogen and oxygen atoms in total. The predicted molar refractivity (Wildman–Crippen MR) is 86.6 cm³/mol. The quantitative estimate of drug-likeness (QED) is 0.863. The summed E-state index contributed by atoms with van der Waals surface area (Å²) in [7, 11) is -3.82. The highest BCUT2D eigenvalue weighted by atomic mass is 35.5. The van der Waals surface area contributed by atoms with Gasteiger partial charge in [0.1, 0.15) is 0 Å². The van der Waals surface area contributed by atoms with Crippen LogP contribution in [-0.2, 0) is 16.6 Å². The highest BCUT2D eigenvalue weighted by Gasteiger charge is 2.17. The lowest BCUT2D eigenvalue weighted by molar-refractivity contribution is 0.601. The Labute approximate surface area is 137 Å². The number of anilines is 1. The van der Waals surface area contributed by atoms with Crippen molar-refractivity contribution < 1.29 is 8.42 Å². The van der Waals surface area contributed by atoms with Gasteiger partial charge in [0.2, 0.25) is 0 Å². The lowest BCUT2D eigenvalue weighted by atomic mass is 10.2. The van der Waals surface area contributed by atoms with Crippen molar-refractivity contribution in [3.63, 3.8) is 0 Å². The maximum atomic E-state index is 12.3. The van der Waals surface area contributed by atoms with Crippen molar-refractivity contribution >= 4 is 50.5 Å². The molecule has 0 fully saturated rings. The van der Waals surface area contributed by atoms with E-state index < -0.39 is 10.0 Å². The molecule has 0 saturated heterocycles. The first-order valence-electron chi connectivity index (χ1n) is 5.80. The Hall–Kier alpha value is -0.980. The standard InChI is InChI=1S/C13H11Cl3N2O2S/c14-9-2-4-11(15)13(5-9)18-21(19,20)10-3-1-8(7-17)12(16)6-10/h1-6,18H,7,17H2. The molecule has 0 aromatic heterocycles. The fraction of sp³-hybridized carbons (Fsp3) is 0.0769. The summed E-state index contributed by atoms with van der Waals surface area (Å²) in [5, 5.41) is 0.902. The van der Waals surface area contributed by atoms with Crippen LogP contribution in [0.5, 0.6) is 0 Å². The molecule has 0 aliphatic heterocycles. The van der Waals surface area contributed by atoms with Crippen molar-refractivity contribution in [2.75, 3.05) is 4.72 Å². The third-order valence-electron chi connectivity index (χ3n) is 2.73. The number of benzene rings is 2. The van der Waals surface area contributed by atoms with Gasteiger partial charge in [-0.1, -0.05) is 40.9 Å². The molecule has 0 bridgehead atoms. The second-order valence-electron chi connectivity index (χ2n) is 4.19. The van der Waals surface area contributed by atoms with E-state index in [0.29, 0.717) is 10.6 Å². The van der Waals surface area contributed by atoms with Crippen LogP contribution in [-0.4, -0.2) is 8.42 Å². The largest absolute Gasteiger partial charge is 0.326 e. The normalized spacial score (nSPS) is 11.4. The summed E-state index contributed by atoms with van der Waals surface area (Å²) in [6.07, 6.45) is 0. The summed E-state index contributed by atoms with van der Waals surface area (Å²) in [4.78, 5) is 0.0146. The zero-order valence-corrected chi connectivity index (χ0v) is 13.7. The van der Waals surface area contributed by atoms with Gasteiger partial charge in [-0.25, -0.2) is 8.42 Å². The summed E-state index contributed by atoms with van der Waals surface area (Å²) in [6, 6.07) is 8.83. The second-order valence-corrected chi connectivity index (χ2v) is 7.12. The fourth-order valence-corrected chi connectivity index (χ4v) is 3.45. The molecule has 8 heteroatoms. The average molecular weight is 366 g/mol. The van der Waals surface area contributed by atoms with Gasteiger partial charge in [0.15, 0.2) is 0 Å². The molecule has 0 unspecified atom stereocenters. The van der Waals surface area contributed by atoms with Crippen LogP contribution in [0.4, 0.5) is 5.69 Å². The summed E-state index contributed by atoms with van der Waals surface area (Å²) >= 11 is 17.7. The second kappa shape index (κ2) is 6.42. The molecule has 112 valence electrons. The molecule has 3 N–H and O–H groups in total. The van der Waals surface area contributed by atoms with E-state index in [1.54, 1.807) is 12.1 Å². The Bertz CT molecular complexity index is 779. The fourth-order valence-electron chi connectivity index (χ4n) is 1.64. The molecule has 0 spiro atoms. The molecule has 2 rings (SSSR count). The van der Waals surface area contributed by atoms with E-state index in [0.717, 1.165) is 0 Å². The molecule has 0 saturated carbocycles. The first-order valence-corrected chi connectivity index (χ1v) is 8.41. The number of sulfonamides is 1. The Kier molecular flexibility index (Phi) is 5.01. The number of rotatable bonds is 4.